The van der Waals surface area contributed by atoms with Crippen molar-refractivity contribution in [1.29, 1.82) is 0 Å². The molecule has 3 aromatic rings. The lowest BCUT2D eigenvalue weighted by Crippen LogP contribution is -2.45. The van der Waals surface area contributed by atoms with Crippen molar-refractivity contribution in [3.05, 3.63) is 89.9 Å². The average Bonchev–Trinajstić information content (AvgIpc) is 3.35. The number of carbonyl (C=O) groups excluding carboxylic acids is 2. The number of nitrogens with one attached hydrogen (secondary N) is 1. The number of methoxy groups -OCH3 is 1. The van der Waals surface area contributed by atoms with Crippen molar-refractivity contribution in [2.75, 3.05) is 32.1 Å². The Labute approximate surface area is 194 Å². The van der Waals surface area contributed by atoms with E-state index in [0.717, 1.165) is 12.0 Å². The number of ether oxygens (including phenoxy) is 1. The molecule has 174 valence electrons. The highest BCUT2D eigenvalue weighted by Gasteiger charge is 2.22. The number of hydrogen-bond donors (Lipinski definition) is 1. The third-order valence-corrected chi connectivity index (χ3v) is 5.29. The van der Waals surface area contributed by atoms with Crippen LogP contribution in [0.1, 0.15) is 23.8 Å². The maximum atomic E-state index is 13.3. The van der Waals surface area contributed by atoms with Crippen LogP contribution in [0.4, 0.5) is 10.5 Å². The summed E-state index contributed by atoms with van der Waals surface area (Å²) in [5.41, 5.74) is 2.87. The molecule has 0 saturated heterocycles. The van der Waals surface area contributed by atoms with Gasteiger partial charge in [0.25, 0.3) is 0 Å². The Bertz CT molecular complexity index is 988. The van der Waals surface area contributed by atoms with Gasteiger partial charge in [-0.1, -0.05) is 49.4 Å². The molecule has 1 N–H and O–H groups in total. The number of anilines is 1. The summed E-state index contributed by atoms with van der Waals surface area (Å²) < 4.78 is 10.6. The summed E-state index contributed by atoms with van der Waals surface area (Å²) in [6, 6.07) is 20.7. The molecule has 33 heavy (non-hydrogen) atoms. The minimum Gasteiger partial charge on any atom is -0.467 e. The Balaban J connectivity index is 1.71. The molecule has 7 nitrogen and oxygen atoms in total. The zero-order valence-corrected chi connectivity index (χ0v) is 19.2. The van der Waals surface area contributed by atoms with Gasteiger partial charge in [-0.25, -0.2) is 4.79 Å². The van der Waals surface area contributed by atoms with Gasteiger partial charge in [-0.05, 0) is 41.8 Å². The molecule has 1 heterocycles. The van der Waals surface area contributed by atoms with Crippen molar-refractivity contribution in [3.63, 3.8) is 0 Å². The third-order valence-electron chi connectivity index (χ3n) is 5.29. The van der Waals surface area contributed by atoms with Crippen LogP contribution in [0.5, 0.6) is 0 Å². The largest absolute Gasteiger partial charge is 0.467 e. The highest BCUT2D eigenvalue weighted by Crippen LogP contribution is 2.14. The summed E-state index contributed by atoms with van der Waals surface area (Å²) in [7, 11) is 1.57. The highest BCUT2D eigenvalue weighted by atomic mass is 16.5. The first-order valence-corrected chi connectivity index (χ1v) is 11.1. The van der Waals surface area contributed by atoms with Gasteiger partial charge in [0.15, 0.2) is 0 Å². The van der Waals surface area contributed by atoms with Gasteiger partial charge in [0.05, 0.1) is 19.4 Å². The van der Waals surface area contributed by atoms with E-state index in [0.29, 0.717) is 37.7 Å². The fourth-order valence-electron chi connectivity index (χ4n) is 3.37. The maximum Gasteiger partial charge on any atom is 0.322 e. The molecule has 0 radical (unpaired) electrons. The van der Waals surface area contributed by atoms with Crippen LogP contribution in [-0.4, -0.2) is 48.5 Å². The molecule has 0 fully saturated rings. The van der Waals surface area contributed by atoms with E-state index in [1.54, 1.807) is 24.3 Å². The quantitative estimate of drug-likeness (QED) is 0.466. The lowest BCUT2D eigenvalue weighted by molar-refractivity contribution is -0.133. The van der Waals surface area contributed by atoms with Crippen molar-refractivity contribution >= 4 is 17.6 Å². The SMILES string of the molecule is CCc1ccc(NC(=O)N(CCOC)CC(=O)N(Cc2ccccc2)Cc2ccco2)cc1. The number of nitrogens with zero attached hydrogens (tertiary/aromatic N) is 2. The van der Waals surface area contributed by atoms with E-state index >= 15 is 0 Å². The minimum absolute atomic E-state index is 0.0736. The molecule has 2 aromatic carbocycles. The fourth-order valence-corrected chi connectivity index (χ4v) is 3.37. The lowest BCUT2D eigenvalue weighted by Gasteiger charge is -2.27. The van der Waals surface area contributed by atoms with E-state index in [1.165, 1.54) is 10.5 Å². The number of amides is 3. The summed E-state index contributed by atoms with van der Waals surface area (Å²) in [6.45, 7) is 3.36. The molecule has 0 bridgehead atoms. The Hall–Kier alpha value is -3.58. The van der Waals surface area contributed by atoms with Crippen molar-refractivity contribution in [2.45, 2.75) is 26.4 Å². The predicted octanol–water partition coefficient (Wildman–Crippen LogP) is 4.55. The molecule has 0 aliphatic rings. The lowest BCUT2D eigenvalue weighted by atomic mass is 10.1. The maximum absolute atomic E-state index is 13.3. The second kappa shape index (κ2) is 12.5. The normalized spacial score (nSPS) is 10.6. The molecular weight excluding hydrogens is 418 g/mol. The van der Waals surface area contributed by atoms with Gasteiger partial charge in [0.1, 0.15) is 12.3 Å². The van der Waals surface area contributed by atoms with Crippen LogP contribution < -0.4 is 5.32 Å². The van der Waals surface area contributed by atoms with Gasteiger partial charge in [-0.15, -0.1) is 0 Å². The molecule has 0 unspecified atom stereocenters. The number of hydrogen-bond acceptors (Lipinski definition) is 4. The summed E-state index contributed by atoms with van der Waals surface area (Å²) >= 11 is 0. The molecule has 0 saturated carbocycles. The molecule has 0 aliphatic heterocycles. The Morgan fingerprint density at radius 2 is 1.67 bits per heavy atom. The van der Waals surface area contributed by atoms with E-state index in [2.05, 4.69) is 12.2 Å². The topological polar surface area (TPSA) is 75.0 Å². The van der Waals surface area contributed by atoms with Gasteiger partial charge < -0.3 is 24.3 Å². The fraction of sp³-hybridized carbons (Fsp3) is 0.308. The first kappa shape index (κ1) is 24.1. The van der Waals surface area contributed by atoms with Crippen LogP contribution in [-0.2, 0) is 29.0 Å². The van der Waals surface area contributed by atoms with Gasteiger partial charge >= 0.3 is 6.03 Å². The number of aryl methyl sites for hydroxylation is 1. The van der Waals surface area contributed by atoms with Gasteiger partial charge in [0.2, 0.25) is 5.91 Å². The van der Waals surface area contributed by atoms with Crippen molar-refractivity contribution in [2.24, 2.45) is 0 Å². The van der Waals surface area contributed by atoms with Gasteiger partial charge in [-0.2, -0.15) is 0 Å². The summed E-state index contributed by atoms with van der Waals surface area (Å²) in [5, 5.41) is 2.88. The molecular formula is C26H31N3O4. The summed E-state index contributed by atoms with van der Waals surface area (Å²) in [5.74, 6) is 0.506. The standard InChI is InChI=1S/C26H31N3O4/c1-3-21-11-13-23(14-12-21)27-26(31)28(15-17-32-2)20-25(30)29(19-24-10-7-16-33-24)18-22-8-5-4-6-9-22/h4-14,16H,3,15,17-20H2,1-2H3,(H,27,31). The van der Waals surface area contributed by atoms with Crippen LogP contribution >= 0.6 is 0 Å². The van der Waals surface area contributed by atoms with Gasteiger partial charge in [-0.3, -0.25) is 4.79 Å². The van der Waals surface area contributed by atoms with Crippen molar-refractivity contribution in [1.82, 2.24) is 9.80 Å². The van der Waals surface area contributed by atoms with E-state index in [4.69, 9.17) is 9.15 Å². The smallest absolute Gasteiger partial charge is 0.322 e. The van der Waals surface area contributed by atoms with Crippen LogP contribution in [0, 0.1) is 0 Å². The average molecular weight is 450 g/mol. The van der Waals surface area contributed by atoms with E-state index in [1.807, 2.05) is 60.7 Å². The van der Waals surface area contributed by atoms with Crippen LogP contribution in [0.15, 0.2) is 77.4 Å². The number of furan rings is 1. The molecule has 0 aliphatic carbocycles. The predicted molar refractivity (Wildman–Crippen MR) is 128 cm³/mol. The summed E-state index contributed by atoms with van der Waals surface area (Å²) in [6.07, 6.45) is 2.51. The van der Waals surface area contributed by atoms with Crippen LogP contribution in [0.3, 0.4) is 0 Å². The molecule has 7 heteroatoms. The highest BCUT2D eigenvalue weighted by molar-refractivity contribution is 5.92. The number of urea groups is 1. The first-order chi connectivity index (χ1) is 16.1. The number of rotatable bonds is 11. The summed E-state index contributed by atoms with van der Waals surface area (Å²) in [4.78, 5) is 29.4. The molecule has 0 atom stereocenters. The van der Waals surface area contributed by atoms with Crippen molar-refractivity contribution < 1.29 is 18.7 Å². The molecule has 0 spiro atoms. The van der Waals surface area contributed by atoms with E-state index in [9.17, 15) is 9.59 Å². The third kappa shape index (κ3) is 7.50. The van der Waals surface area contributed by atoms with E-state index in [-0.39, 0.29) is 18.5 Å². The molecule has 3 amide bonds. The first-order valence-electron chi connectivity index (χ1n) is 11.1. The monoisotopic (exact) mass is 449 g/mol. The van der Waals surface area contributed by atoms with Gasteiger partial charge in [0, 0.05) is 25.9 Å². The minimum atomic E-state index is -0.345. The van der Waals surface area contributed by atoms with Crippen LogP contribution in [0.25, 0.3) is 0 Å². The zero-order valence-electron chi connectivity index (χ0n) is 19.2. The van der Waals surface area contributed by atoms with Crippen molar-refractivity contribution in [3.8, 4) is 0 Å². The Morgan fingerprint density at radius 3 is 2.30 bits per heavy atom. The van der Waals surface area contributed by atoms with Crippen LogP contribution in [0.2, 0.25) is 0 Å². The van der Waals surface area contributed by atoms with E-state index < -0.39 is 0 Å². The Morgan fingerprint density at radius 1 is 0.909 bits per heavy atom. The number of carbonyl (C=O) groups is 2. The second-order valence-corrected chi connectivity index (χ2v) is 7.71. The molecule has 3 rings (SSSR count). The zero-order chi connectivity index (χ0) is 23.5. The number of benzene rings is 2. The Kier molecular flexibility index (Phi) is 9.08. The second-order valence-electron chi connectivity index (χ2n) is 7.71. The molecule has 1 aromatic heterocycles.